The van der Waals surface area contributed by atoms with Crippen LogP contribution in [0.5, 0.6) is 11.5 Å². The topological polar surface area (TPSA) is 101 Å². The molecule has 1 amide bonds. The Morgan fingerprint density at radius 2 is 1.60 bits per heavy atom. The zero-order valence-electron chi connectivity index (χ0n) is 29.5. The summed E-state index contributed by atoms with van der Waals surface area (Å²) >= 11 is 0. The Bertz CT molecular complexity index is 1800. The minimum Gasteiger partial charge on any atom is -0.496 e. The van der Waals surface area contributed by atoms with Gasteiger partial charge in [-0.3, -0.25) is 14.6 Å². The zero-order valence-corrected chi connectivity index (χ0v) is 29.5. The average Bonchev–Trinajstić information content (AvgIpc) is 3.56. The quantitative estimate of drug-likeness (QED) is 0.222. The molecule has 53 heavy (non-hydrogen) atoms. The lowest BCUT2D eigenvalue weighted by molar-refractivity contribution is -0.234. The number of rotatable bonds is 11. The van der Waals surface area contributed by atoms with Crippen LogP contribution in [0.3, 0.4) is 0 Å². The van der Waals surface area contributed by atoms with Crippen molar-refractivity contribution < 1.29 is 55.2 Å². The van der Waals surface area contributed by atoms with E-state index in [4.69, 9.17) is 14.2 Å². The van der Waals surface area contributed by atoms with Crippen molar-refractivity contribution in [3.05, 3.63) is 59.7 Å². The van der Waals surface area contributed by atoms with Gasteiger partial charge in [0.2, 0.25) is 5.91 Å². The van der Waals surface area contributed by atoms with Crippen LogP contribution in [0.1, 0.15) is 36.8 Å². The van der Waals surface area contributed by atoms with Crippen LogP contribution in [0.2, 0.25) is 0 Å². The van der Waals surface area contributed by atoms with Crippen molar-refractivity contribution in [3.8, 4) is 22.6 Å². The third-order valence-electron chi connectivity index (χ3n) is 11.0. The predicted molar refractivity (Wildman–Crippen MR) is 184 cm³/mol. The number of carboxylic acids is 1. The number of halogens is 6. The van der Waals surface area contributed by atoms with Gasteiger partial charge in [0.1, 0.15) is 29.1 Å². The number of carbonyl (C=O) groups excluding carboxylic acids is 1. The van der Waals surface area contributed by atoms with E-state index in [0.717, 1.165) is 5.56 Å². The number of ether oxygens (including phenoxy) is 3. The molecule has 3 aliphatic heterocycles. The highest BCUT2D eigenvalue weighted by Gasteiger charge is 2.61. The fourth-order valence-corrected chi connectivity index (χ4v) is 7.88. The third-order valence-corrected chi connectivity index (χ3v) is 11.0. The Hall–Kier alpha value is -4.08. The van der Waals surface area contributed by atoms with Gasteiger partial charge in [-0.25, -0.2) is 18.0 Å². The van der Waals surface area contributed by atoms with Gasteiger partial charge >= 0.3 is 12.1 Å². The number of benzene rings is 3. The summed E-state index contributed by atoms with van der Waals surface area (Å²) in [5.41, 5.74) is -0.386. The molecule has 0 radical (unpaired) electrons. The number of nitrogens with one attached hydrogen (secondary N) is 1. The molecule has 3 aromatic rings. The predicted octanol–water partition coefficient (Wildman–Crippen LogP) is 6.25. The van der Waals surface area contributed by atoms with Crippen molar-refractivity contribution in [3.63, 3.8) is 0 Å². The Kier molecular flexibility index (Phi) is 11.2. The molecular formula is C38H43F6N3O6. The number of alkyl halides is 6. The number of fused-ring (bicyclic) bond motifs is 1. The SMILES string of the molecule is COc1ccc(CN2CCC(F)(F)CC2)c(OC)c1-c1cccc2c(C[C@H](NC(=O)C3(C(F)(F)F)CCN([C@H]4COC[C@H]4F)CC3)C(=O)O)cccc12. The molecule has 0 spiro atoms. The van der Waals surface area contributed by atoms with E-state index in [1.165, 1.54) is 14.2 Å². The van der Waals surface area contributed by atoms with Crippen molar-refractivity contribution in [2.45, 2.75) is 69.0 Å². The maximum atomic E-state index is 14.7. The van der Waals surface area contributed by atoms with Gasteiger partial charge in [-0.2, -0.15) is 13.2 Å². The number of carboxylic acid groups (broad SMARTS) is 1. The smallest absolute Gasteiger partial charge is 0.403 e. The highest BCUT2D eigenvalue weighted by Crippen LogP contribution is 2.48. The lowest BCUT2D eigenvalue weighted by Gasteiger charge is -2.43. The summed E-state index contributed by atoms with van der Waals surface area (Å²) < 4.78 is 103. The van der Waals surface area contributed by atoms with Crippen molar-refractivity contribution >= 4 is 22.6 Å². The third kappa shape index (κ3) is 7.79. The first kappa shape index (κ1) is 38.6. The van der Waals surface area contributed by atoms with Gasteiger partial charge in [-0.05, 0) is 40.8 Å². The van der Waals surface area contributed by atoms with Crippen LogP contribution in [0.4, 0.5) is 26.3 Å². The minimum absolute atomic E-state index is 0.0492. The molecule has 3 saturated heterocycles. The highest BCUT2D eigenvalue weighted by atomic mass is 19.4. The van der Waals surface area contributed by atoms with Gasteiger partial charge in [0.15, 0.2) is 0 Å². The van der Waals surface area contributed by atoms with E-state index in [1.807, 2.05) is 23.1 Å². The number of hydrogen-bond donors (Lipinski definition) is 2. The van der Waals surface area contributed by atoms with Crippen molar-refractivity contribution in [1.82, 2.24) is 15.1 Å². The van der Waals surface area contributed by atoms with Crippen molar-refractivity contribution in [2.24, 2.45) is 5.41 Å². The average molecular weight is 752 g/mol. The monoisotopic (exact) mass is 751 g/mol. The van der Waals surface area contributed by atoms with Gasteiger partial charge in [0, 0.05) is 57.5 Å². The van der Waals surface area contributed by atoms with E-state index in [2.05, 4.69) is 5.32 Å². The largest absolute Gasteiger partial charge is 0.496 e. The van der Waals surface area contributed by atoms with Crippen LogP contribution in [-0.4, -0.2) is 111 Å². The van der Waals surface area contributed by atoms with E-state index in [1.54, 1.807) is 35.2 Å². The summed E-state index contributed by atoms with van der Waals surface area (Å²) in [5.74, 6) is -4.69. The molecule has 0 unspecified atom stereocenters. The molecule has 15 heteroatoms. The number of amides is 1. The maximum absolute atomic E-state index is 14.7. The molecule has 0 saturated carbocycles. The molecule has 6 rings (SSSR count). The number of hydrogen-bond acceptors (Lipinski definition) is 7. The highest BCUT2D eigenvalue weighted by molar-refractivity contribution is 6.01. The van der Waals surface area contributed by atoms with Gasteiger partial charge in [-0.15, -0.1) is 0 Å². The van der Waals surface area contributed by atoms with E-state index >= 15 is 0 Å². The lowest BCUT2D eigenvalue weighted by Crippen LogP contribution is -2.60. The van der Waals surface area contributed by atoms with Gasteiger partial charge < -0.3 is 24.6 Å². The summed E-state index contributed by atoms with van der Waals surface area (Å²) in [6.07, 6.45) is -8.43. The van der Waals surface area contributed by atoms with E-state index in [-0.39, 0.29) is 58.7 Å². The molecule has 0 aliphatic carbocycles. The number of carbonyl (C=O) groups is 2. The first-order chi connectivity index (χ1) is 25.2. The molecule has 3 aliphatic rings. The Morgan fingerprint density at radius 1 is 0.925 bits per heavy atom. The first-order valence-electron chi connectivity index (χ1n) is 17.6. The number of piperidine rings is 2. The van der Waals surface area contributed by atoms with Crippen LogP contribution in [0.25, 0.3) is 21.9 Å². The van der Waals surface area contributed by atoms with Gasteiger partial charge in [0.25, 0.3) is 5.92 Å². The second-order valence-electron chi connectivity index (χ2n) is 14.1. The van der Waals surface area contributed by atoms with E-state index < -0.39 is 60.5 Å². The number of methoxy groups -OCH3 is 2. The normalized spacial score (nSPS) is 22.7. The van der Waals surface area contributed by atoms with Crippen LogP contribution >= 0.6 is 0 Å². The summed E-state index contributed by atoms with van der Waals surface area (Å²) in [5, 5.41) is 13.6. The van der Waals surface area contributed by atoms with Gasteiger partial charge in [0.05, 0.1) is 39.0 Å². The van der Waals surface area contributed by atoms with Crippen LogP contribution < -0.4 is 14.8 Å². The molecule has 2 N–H and O–H groups in total. The number of nitrogens with zero attached hydrogens (tertiary/aromatic N) is 2. The summed E-state index contributed by atoms with van der Waals surface area (Å²) in [4.78, 5) is 29.6. The fourth-order valence-electron chi connectivity index (χ4n) is 7.88. The lowest BCUT2D eigenvalue weighted by atomic mass is 9.76. The van der Waals surface area contributed by atoms with Crippen LogP contribution in [0, 0.1) is 5.41 Å². The Balaban J connectivity index is 1.28. The molecule has 288 valence electrons. The van der Waals surface area contributed by atoms with E-state index in [9.17, 15) is 41.0 Å². The fraction of sp³-hybridized carbons (Fsp3) is 0.526. The minimum atomic E-state index is -4.98. The van der Waals surface area contributed by atoms with Crippen LogP contribution in [0.15, 0.2) is 48.5 Å². The van der Waals surface area contributed by atoms with E-state index in [0.29, 0.717) is 45.5 Å². The molecule has 9 nitrogen and oxygen atoms in total. The van der Waals surface area contributed by atoms with Crippen molar-refractivity contribution in [1.29, 1.82) is 0 Å². The molecule has 3 heterocycles. The standard InChI is InChI=1S/C38H43F6N3O6/c1-51-31-10-9-24(20-46-15-13-37(40,41)14-16-46)33(52-2)32(31)27-8-4-6-25-23(5-3-7-26(25)27)19-29(34(48)49)45-35(50)36(38(42,43)44)11-17-47(18-12-36)30-22-53-21-28(30)39/h3-10,28-30H,11-22H2,1-2H3,(H,45,50)(H,48,49)/t28-,29+,30+/m1/s1. The Labute approximate surface area is 303 Å². The summed E-state index contributed by atoms with van der Waals surface area (Å²) in [6.45, 7) is 0.298. The first-order valence-corrected chi connectivity index (χ1v) is 17.6. The number of likely N-dealkylation sites (tertiary alicyclic amines) is 2. The van der Waals surface area contributed by atoms with Crippen molar-refractivity contribution in [2.75, 3.05) is 53.6 Å². The Morgan fingerprint density at radius 3 is 2.21 bits per heavy atom. The van der Waals surface area contributed by atoms with Gasteiger partial charge in [-0.1, -0.05) is 42.5 Å². The molecule has 3 aromatic carbocycles. The molecular weight excluding hydrogens is 708 g/mol. The second-order valence-corrected chi connectivity index (χ2v) is 14.1. The summed E-state index contributed by atoms with van der Waals surface area (Å²) in [6, 6.07) is 11.7. The van der Waals surface area contributed by atoms with Crippen LogP contribution in [-0.2, 0) is 27.3 Å². The molecule has 3 fully saturated rings. The number of aliphatic carboxylic acids is 1. The summed E-state index contributed by atoms with van der Waals surface area (Å²) in [7, 11) is 3.00. The molecule has 3 atom stereocenters. The zero-order chi connectivity index (χ0) is 38.1. The molecule has 0 aromatic heterocycles. The maximum Gasteiger partial charge on any atom is 0.403 e. The second kappa shape index (κ2) is 15.3. The molecule has 0 bridgehead atoms.